The molecular formula is C11H20O2. The number of hydrogen-bond acceptors (Lipinski definition) is 2. The van der Waals surface area contributed by atoms with E-state index < -0.39 is 0 Å². The van der Waals surface area contributed by atoms with Crippen LogP contribution < -0.4 is 0 Å². The summed E-state index contributed by atoms with van der Waals surface area (Å²) in [4.78, 5) is 0. The third-order valence-electron chi connectivity index (χ3n) is 2.32. The molecule has 2 heteroatoms. The summed E-state index contributed by atoms with van der Waals surface area (Å²) in [5.74, 6) is 0. The van der Waals surface area contributed by atoms with Crippen molar-refractivity contribution in [2.45, 2.75) is 44.8 Å². The lowest BCUT2D eigenvalue weighted by molar-refractivity contribution is -0.00944. The molecule has 0 aliphatic carbocycles. The Hall–Kier alpha value is -0.340. The molecule has 13 heavy (non-hydrogen) atoms. The van der Waals surface area contributed by atoms with Gasteiger partial charge in [0.1, 0.15) is 0 Å². The van der Waals surface area contributed by atoms with Crippen LogP contribution in [0.2, 0.25) is 0 Å². The number of unbranched alkanes of at least 4 members (excludes halogenated alkanes) is 1. The van der Waals surface area contributed by atoms with E-state index in [0.717, 1.165) is 32.5 Å². The summed E-state index contributed by atoms with van der Waals surface area (Å²) in [6, 6.07) is 0. The second-order valence-corrected chi connectivity index (χ2v) is 3.65. The van der Waals surface area contributed by atoms with Crippen molar-refractivity contribution in [2.75, 3.05) is 13.2 Å². The van der Waals surface area contributed by atoms with Crippen molar-refractivity contribution in [2.24, 2.45) is 0 Å². The van der Waals surface area contributed by atoms with Crippen LogP contribution >= 0.6 is 0 Å². The van der Waals surface area contributed by atoms with E-state index in [1.54, 1.807) is 0 Å². The molecule has 0 amide bonds. The van der Waals surface area contributed by atoms with E-state index in [1.165, 1.54) is 6.42 Å². The molecule has 0 aromatic carbocycles. The normalized spacial score (nSPS) is 27.8. The maximum atomic E-state index is 5.62. The topological polar surface area (TPSA) is 18.5 Å². The Morgan fingerprint density at radius 1 is 1.54 bits per heavy atom. The smallest absolute Gasteiger partial charge is 0.0813 e. The quantitative estimate of drug-likeness (QED) is 0.466. The minimum absolute atomic E-state index is 0.346. The highest BCUT2D eigenvalue weighted by Crippen LogP contribution is 2.18. The van der Waals surface area contributed by atoms with Gasteiger partial charge in [-0.25, -0.2) is 0 Å². The molecule has 2 unspecified atom stereocenters. The van der Waals surface area contributed by atoms with Gasteiger partial charge in [0.25, 0.3) is 0 Å². The number of rotatable bonds is 6. The highest BCUT2D eigenvalue weighted by atomic mass is 16.5. The van der Waals surface area contributed by atoms with Gasteiger partial charge in [-0.1, -0.05) is 6.08 Å². The van der Waals surface area contributed by atoms with E-state index in [1.807, 2.05) is 6.08 Å². The van der Waals surface area contributed by atoms with Gasteiger partial charge in [0.15, 0.2) is 0 Å². The van der Waals surface area contributed by atoms with E-state index in [4.69, 9.17) is 9.47 Å². The average molecular weight is 184 g/mol. The predicted molar refractivity (Wildman–Crippen MR) is 53.8 cm³/mol. The summed E-state index contributed by atoms with van der Waals surface area (Å²) in [6.07, 6.45) is 7.16. The Bertz CT molecular complexity index is 145. The Labute approximate surface area is 80.9 Å². The molecule has 1 fully saturated rings. The molecule has 76 valence electrons. The van der Waals surface area contributed by atoms with Crippen LogP contribution in [0.4, 0.5) is 0 Å². The third kappa shape index (κ3) is 4.44. The van der Waals surface area contributed by atoms with Gasteiger partial charge in [-0.05, 0) is 32.6 Å². The highest BCUT2D eigenvalue weighted by Gasteiger charge is 2.21. The lowest BCUT2D eigenvalue weighted by atomic mass is 10.2. The minimum atomic E-state index is 0.346. The second kappa shape index (κ2) is 6.17. The fourth-order valence-electron chi connectivity index (χ4n) is 1.55. The molecule has 0 aromatic rings. The van der Waals surface area contributed by atoms with Crippen LogP contribution in [-0.2, 0) is 9.47 Å². The van der Waals surface area contributed by atoms with Gasteiger partial charge < -0.3 is 9.47 Å². The van der Waals surface area contributed by atoms with Crippen molar-refractivity contribution < 1.29 is 9.47 Å². The molecule has 0 bridgehead atoms. The van der Waals surface area contributed by atoms with Gasteiger partial charge in [-0.2, -0.15) is 0 Å². The minimum Gasteiger partial charge on any atom is -0.379 e. The number of allylic oxidation sites excluding steroid dienone is 1. The number of hydrogen-bond donors (Lipinski definition) is 0. The van der Waals surface area contributed by atoms with E-state index in [0.29, 0.717) is 12.2 Å². The largest absolute Gasteiger partial charge is 0.379 e. The summed E-state index contributed by atoms with van der Waals surface area (Å²) >= 11 is 0. The molecule has 1 aliphatic rings. The predicted octanol–water partition coefficient (Wildman–Crippen LogP) is 2.54. The Morgan fingerprint density at radius 3 is 3.00 bits per heavy atom. The van der Waals surface area contributed by atoms with Crippen molar-refractivity contribution in [3.63, 3.8) is 0 Å². The average Bonchev–Trinajstić information content (AvgIpc) is 2.51. The zero-order valence-corrected chi connectivity index (χ0v) is 8.50. The van der Waals surface area contributed by atoms with Crippen LogP contribution in [0, 0.1) is 0 Å². The lowest BCUT2D eigenvalue weighted by Crippen LogP contribution is -2.16. The summed E-state index contributed by atoms with van der Waals surface area (Å²) in [7, 11) is 0. The van der Waals surface area contributed by atoms with Crippen LogP contribution in [0.15, 0.2) is 12.7 Å². The molecule has 0 spiro atoms. The fourth-order valence-corrected chi connectivity index (χ4v) is 1.55. The highest BCUT2D eigenvalue weighted by molar-refractivity contribution is 4.70. The molecule has 0 radical (unpaired) electrons. The summed E-state index contributed by atoms with van der Waals surface area (Å²) < 4.78 is 11.1. The van der Waals surface area contributed by atoms with Crippen LogP contribution in [-0.4, -0.2) is 25.4 Å². The van der Waals surface area contributed by atoms with Gasteiger partial charge in [-0.15, -0.1) is 6.58 Å². The Kier molecular flexibility index (Phi) is 5.09. The molecule has 0 N–H and O–H groups in total. The van der Waals surface area contributed by atoms with Crippen molar-refractivity contribution in [3.05, 3.63) is 12.7 Å². The first-order chi connectivity index (χ1) is 6.33. The summed E-state index contributed by atoms with van der Waals surface area (Å²) in [5.41, 5.74) is 0. The fraction of sp³-hybridized carbons (Fsp3) is 0.818. The van der Waals surface area contributed by atoms with Gasteiger partial charge >= 0.3 is 0 Å². The van der Waals surface area contributed by atoms with Crippen molar-refractivity contribution in [1.82, 2.24) is 0 Å². The molecule has 0 aromatic heterocycles. The van der Waals surface area contributed by atoms with Crippen LogP contribution in [0.5, 0.6) is 0 Å². The second-order valence-electron chi connectivity index (χ2n) is 3.65. The number of ether oxygens (including phenoxy) is 2. The molecular weight excluding hydrogens is 164 g/mol. The van der Waals surface area contributed by atoms with E-state index >= 15 is 0 Å². The van der Waals surface area contributed by atoms with E-state index in [2.05, 4.69) is 13.5 Å². The first-order valence-corrected chi connectivity index (χ1v) is 5.17. The Morgan fingerprint density at radius 2 is 2.38 bits per heavy atom. The SMILES string of the molecule is C=CCCCOCC1CCC(C)O1. The zero-order valence-electron chi connectivity index (χ0n) is 8.50. The van der Waals surface area contributed by atoms with Crippen molar-refractivity contribution in [3.8, 4) is 0 Å². The van der Waals surface area contributed by atoms with Crippen molar-refractivity contribution >= 4 is 0 Å². The standard InChI is InChI=1S/C11H20O2/c1-3-4-5-8-12-9-11-7-6-10(2)13-11/h3,10-11H,1,4-9H2,2H3. The van der Waals surface area contributed by atoms with Crippen LogP contribution in [0.3, 0.4) is 0 Å². The summed E-state index contributed by atoms with van der Waals surface area (Å²) in [5, 5.41) is 0. The van der Waals surface area contributed by atoms with E-state index in [9.17, 15) is 0 Å². The lowest BCUT2D eigenvalue weighted by Gasteiger charge is -2.10. The molecule has 0 saturated carbocycles. The van der Waals surface area contributed by atoms with Gasteiger partial charge in [-0.3, -0.25) is 0 Å². The van der Waals surface area contributed by atoms with E-state index in [-0.39, 0.29) is 0 Å². The molecule has 1 rings (SSSR count). The van der Waals surface area contributed by atoms with Gasteiger partial charge in [0, 0.05) is 6.61 Å². The van der Waals surface area contributed by atoms with Crippen LogP contribution in [0.1, 0.15) is 32.6 Å². The van der Waals surface area contributed by atoms with Crippen LogP contribution in [0.25, 0.3) is 0 Å². The maximum Gasteiger partial charge on any atom is 0.0813 e. The first-order valence-electron chi connectivity index (χ1n) is 5.17. The van der Waals surface area contributed by atoms with Crippen molar-refractivity contribution in [1.29, 1.82) is 0 Å². The van der Waals surface area contributed by atoms with Gasteiger partial charge in [0.05, 0.1) is 18.8 Å². The molecule has 2 nitrogen and oxygen atoms in total. The summed E-state index contributed by atoms with van der Waals surface area (Å²) in [6.45, 7) is 7.39. The van der Waals surface area contributed by atoms with Gasteiger partial charge in [0.2, 0.25) is 0 Å². The zero-order chi connectivity index (χ0) is 9.52. The molecule has 1 heterocycles. The molecule has 2 atom stereocenters. The Balaban J connectivity index is 1.91. The first kappa shape index (κ1) is 10.7. The molecule has 1 aliphatic heterocycles. The third-order valence-corrected chi connectivity index (χ3v) is 2.32. The molecule has 1 saturated heterocycles. The monoisotopic (exact) mass is 184 g/mol. The maximum absolute atomic E-state index is 5.62.